The number of carbonyl (C=O) groups is 1. The van der Waals surface area contributed by atoms with Crippen molar-refractivity contribution < 1.29 is 14.3 Å². The first-order valence-corrected chi connectivity index (χ1v) is 6.95. The summed E-state index contributed by atoms with van der Waals surface area (Å²) in [6, 6.07) is 5.93. The highest BCUT2D eigenvalue weighted by Gasteiger charge is 2.15. The van der Waals surface area contributed by atoms with Gasteiger partial charge in [0.2, 0.25) is 5.91 Å². The van der Waals surface area contributed by atoms with E-state index in [1.54, 1.807) is 0 Å². The molecule has 2 rings (SSSR count). The van der Waals surface area contributed by atoms with Crippen LogP contribution in [0.15, 0.2) is 18.2 Å². The molecule has 1 aliphatic heterocycles. The monoisotopic (exact) mass is 263 g/mol. The number of benzene rings is 1. The Labute approximate surface area is 114 Å². The first kappa shape index (κ1) is 13.7. The van der Waals surface area contributed by atoms with Crippen molar-refractivity contribution >= 4 is 5.91 Å². The van der Waals surface area contributed by atoms with Crippen molar-refractivity contribution in [2.24, 2.45) is 0 Å². The summed E-state index contributed by atoms with van der Waals surface area (Å²) in [5.41, 5.74) is 1.13. The molecule has 0 aromatic heterocycles. The van der Waals surface area contributed by atoms with Crippen molar-refractivity contribution in [3.63, 3.8) is 0 Å². The summed E-state index contributed by atoms with van der Waals surface area (Å²) in [7, 11) is 0. The Morgan fingerprint density at radius 1 is 1.32 bits per heavy atom. The number of ether oxygens (including phenoxy) is 2. The third-order valence-corrected chi connectivity index (χ3v) is 3.07. The Morgan fingerprint density at radius 3 is 3.00 bits per heavy atom. The number of hydrogen-bond acceptors (Lipinski definition) is 3. The maximum Gasteiger partial charge on any atom is 0.220 e. The number of carbonyl (C=O) groups excluding carboxylic acids is 1. The van der Waals surface area contributed by atoms with Crippen LogP contribution < -0.4 is 14.8 Å². The molecule has 0 radical (unpaired) electrons. The Kier molecular flexibility index (Phi) is 5.07. The highest BCUT2D eigenvalue weighted by molar-refractivity contribution is 5.75. The van der Waals surface area contributed by atoms with Crippen LogP contribution in [0.1, 0.15) is 31.7 Å². The van der Waals surface area contributed by atoms with Crippen molar-refractivity contribution in [2.45, 2.75) is 32.6 Å². The molecule has 4 heteroatoms. The number of aryl methyl sites for hydroxylation is 1. The minimum absolute atomic E-state index is 0.129. The van der Waals surface area contributed by atoms with Crippen molar-refractivity contribution in [1.82, 2.24) is 5.32 Å². The van der Waals surface area contributed by atoms with Crippen LogP contribution in [0.5, 0.6) is 11.5 Å². The zero-order valence-electron chi connectivity index (χ0n) is 11.4. The third-order valence-electron chi connectivity index (χ3n) is 3.07. The average molecular weight is 263 g/mol. The van der Waals surface area contributed by atoms with E-state index in [1.807, 2.05) is 25.1 Å². The Balaban J connectivity index is 1.84. The van der Waals surface area contributed by atoms with Gasteiger partial charge in [-0.25, -0.2) is 0 Å². The molecule has 1 amide bonds. The second kappa shape index (κ2) is 7.02. The summed E-state index contributed by atoms with van der Waals surface area (Å²) in [5.74, 6) is 1.80. The predicted molar refractivity (Wildman–Crippen MR) is 73.7 cm³/mol. The smallest absolute Gasteiger partial charge is 0.220 e. The Hall–Kier alpha value is -1.71. The van der Waals surface area contributed by atoms with Crippen LogP contribution in [0.2, 0.25) is 0 Å². The van der Waals surface area contributed by atoms with Gasteiger partial charge in [0.05, 0.1) is 0 Å². The molecule has 19 heavy (non-hydrogen) atoms. The predicted octanol–water partition coefficient (Wildman–Crippen LogP) is 2.31. The number of rotatable bonds is 6. The first-order valence-electron chi connectivity index (χ1n) is 6.95. The number of nitrogens with one attached hydrogen (secondary N) is 1. The summed E-state index contributed by atoms with van der Waals surface area (Å²) >= 11 is 0. The fraction of sp³-hybridized carbons (Fsp3) is 0.533. The van der Waals surface area contributed by atoms with Crippen LogP contribution in [-0.2, 0) is 11.2 Å². The zero-order valence-corrected chi connectivity index (χ0v) is 11.4. The largest absolute Gasteiger partial charge is 0.486 e. The second-order valence-electron chi connectivity index (χ2n) is 4.64. The highest BCUT2D eigenvalue weighted by Crippen LogP contribution is 2.34. The van der Waals surface area contributed by atoms with Crippen LogP contribution in [0.25, 0.3) is 0 Å². The molecule has 0 unspecified atom stereocenters. The lowest BCUT2D eigenvalue weighted by molar-refractivity contribution is -0.121. The molecule has 1 N–H and O–H groups in total. The molecule has 0 atom stereocenters. The summed E-state index contributed by atoms with van der Waals surface area (Å²) in [5, 5.41) is 2.89. The van der Waals surface area contributed by atoms with E-state index in [9.17, 15) is 4.79 Å². The number of hydrogen-bond donors (Lipinski definition) is 1. The van der Waals surface area contributed by atoms with E-state index in [4.69, 9.17) is 9.47 Å². The number of amides is 1. The molecule has 4 nitrogen and oxygen atoms in total. The topological polar surface area (TPSA) is 47.6 Å². The lowest BCUT2D eigenvalue weighted by Crippen LogP contribution is -2.23. The first-order chi connectivity index (χ1) is 9.31. The van der Waals surface area contributed by atoms with Crippen molar-refractivity contribution in [2.75, 3.05) is 19.8 Å². The van der Waals surface area contributed by atoms with Gasteiger partial charge in [0.1, 0.15) is 13.2 Å². The molecule has 0 aliphatic carbocycles. The van der Waals surface area contributed by atoms with Gasteiger partial charge < -0.3 is 14.8 Å². The van der Waals surface area contributed by atoms with Gasteiger partial charge in [0, 0.05) is 13.0 Å². The third kappa shape index (κ3) is 3.88. The van der Waals surface area contributed by atoms with Gasteiger partial charge in [-0.1, -0.05) is 19.1 Å². The van der Waals surface area contributed by atoms with Crippen LogP contribution in [-0.4, -0.2) is 25.7 Å². The van der Waals surface area contributed by atoms with E-state index < -0.39 is 0 Å². The molecule has 1 aromatic rings. The Morgan fingerprint density at radius 2 is 2.16 bits per heavy atom. The van der Waals surface area contributed by atoms with Crippen LogP contribution >= 0.6 is 0 Å². The SMILES string of the molecule is CCCNC(=O)CCCc1cccc2c1OCCO2. The standard InChI is InChI=1S/C15H21NO3/c1-2-9-16-14(17)8-4-6-12-5-3-7-13-15(12)19-11-10-18-13/h3,5,7H,2,4,6,8-11H2,1H3,(H,16,17). The molecular weight excluding hydrogens is 242 g/mol. The summed E-state index contributed by atoms with van der Waals surface area (Å²) in [6.07, 6.45) is 3.20. The second-order valence-corrected chi connectivity index (χ2v) is 4.64. The quantitative estimate of drug-likeness (QED) is 0.856. The van der Waals surface area contributed by atoms with E-state index in [2.05, 4.69) is 5.32 Å². The van der Waals surface area contributed by atoms with Crippen molar-refractivity contribution in [3.05, 3.63) is 23.8 Å². The van der Waals surface area contributed by atoms with Gasteiger partial charge >= 0.3 is 0 Å². The molecule has 0 saturated carbocycles. The van der Waals surface area contributed by atoms with E-state index >= 15 is 0 Å². The minimum atomic E-state index is 0.129. The lowest BCUT2D eigenvalue weighted by Gasteiger charge is -2.20. The van der Waals surface area contributed by atoms with Crippen molar-refractivity contribution in [1.29, 1.82) is 0 Å². The van der Waals surface area contributed by atoms with Gasteiger partial charge in [-0.2, -0.15) is 0 Å². The fourth-order valence-corrected chi connectivity index (χ4v) is 2.12. The molecule has 104 valence electrons. The normalized spacial score (nSPS) is 13.1. The molecule has 0 saturated heterocycles. The molecule has 0 fully saturated rings. The molecule has 1 heterocycles. The van der Waals surface area contributed by atoms with Crippen LogP contribution in [0, 0.1) is 0 Å². The van der Waals surface area contributed by atoms with E-state index in [1.165, 1.54) is 0 Å². The molecule has 0 bridgehead atoms. The van der Waals surface area contributed by atoms with Gasteiger partial charge in [-0.05, 0) is 30.9 Å². The van der Waals surface area contributed by atoms with Crippen LogP contribution in [0.4, 0.5) is 0 Å². The Bertz CT molecular complexity index is 431. The fourth-order valence-electron chi connectivity index (χ4n) is 2.12. The van der Waals surface area contributed by atoms with Crippen molar-refractivity contribution in [3.8, 4) is 11.5 Å². The maximum atomic E-state index is 11.5. The van der Waals surface area contributed by atoms with E-state index in [-0.39, 0.29) is 5.91 Å². The summed E-state index contributed by atoms with van der Waals surface area (Å²) in [4.78, 5) is 11.5. The number of fused-ring (bicyclic) bond motifs is 1. The van der Waals surface area contributed by atoms with Crippen LogP contribution in [0.3, 0.4) is 0 Å². The average Bonchev–Trinajstić information content (AvgIpc) is 2.45. The van der Waals surface area contributed by atoms with E-state index in [0.717, 1.165) is 42.9 Å². The lowest BCUT2D eigenvalue weighted by atomic mass is 10.1. The molecule has 1 aromatic carbocycles. The zero-order chi connectivity index (χ0) is 13.5. The molecule has 0 spiro atoms. The maximum absolute atomic E-state index is 11.5. The summed E-state index contributed by atoms with van der Waals surface area (Å²) in [6.45, 7) is 4.02. The van der Waals surface area contributed by atoms with Gasteiger partial charge in [-0.3, -0.25) is 4.79 Å². The van der Waals surface area contributed by atoms with E-state index in [0.29, 0.717) is 19.6 Å². The van der Waals surface area contributed by atoms with Gasteiger partial charge in [-0.15, -0.1) is 0 Å². The van der Waals surface area contributed by atoms with Gasteiger partial charge in [0.15, 0.2) is 11.5 Å². The molecule has 1 aliphatic rings. The molecular formula is C15H21NO3. The highest BCUT2D eigenvalue weighted by atomic mass is 16.6. The van der Waals surface area contributed by atoms with Gasteiger partial charge in [0.25, 0.3) is 0 Å². The number of para-hydroxylation sites is 1. The summed E-state index contributed by atoms with van der Waals surface area (Å²) < 4.78 is 11.2. The minimum Gasteiger partial charge on any atom is -0.486 e.